The number of imidazole rings is 1. The van der Waals surface area contributed by atoms with Crippen molar-refractivity contribution in [1.29, 1.82) is 0 Å². The van der Waals surface area contributed by atoms with Crippen LogP contribution in [0.25, 0.3) is 44.3 Å². The van der Waals surface area contributed by atoms with Crippen molar-refractivity contribution >= 4 is 33.4 Å². The molecule has 0 aliphatic carbocycles. The lowest BCUT2D eigenvalue weighted by atomic mass is 10.0. The second-order valence-corrected chi connectivity index (χ2v) is 5.86. The Morgan fingerprint density at radius 3 is 2.04 bits per heavy atom. The molecule has 0 aliphatic heterocycles. The fraction of sp³-hybridized carbons (Fsp3) is 0. The monoisotopic (exact) mass is 330 g/mol. The predicted octanol–water partition coefficient (Wildman–Crippen LogP) is 2.66. The number of fused-ring (bicyclic) bond motifs is 2. The van der Waals surface area contributed by atoms with Gasteiger partial charge >= 0.3 is 0 Å². The summed E-state index contributed by atoms with van der Waals surface area (Å²) in [6.45, 7) is 0. The molecular formula is C17H14N8. The number of hydrogen-bond donors (Lipinski definition) is 5. The molecule has 0 bridgehead atoms. The van der Waals surface area contributed by atoms with E-state index in [1.165, 1.54) is 0 Å². The number of nitrogen functional groups attached to an aromatic ring is 2. The van der Waals surface area contributed by atoms with E-state index in [4.69, 9.17) is 11.5 Å². The average molecular weight is 330 g/mol. The van der Waals surface area contributed by atoms with Gasteiger partial charge in [0.25, 0.3) is 0 Å². The molecule has 5 rings (SSSR count). The van der Waals surface area contributed by atoms with Crippen LogP contribution in [0.15, 0.2) is 42.7 Å². The molecule has 0 saturated carbocycles. The first-order chi connectivity index (χ1) is 12.2. The average Bonchev–Trinajstić information content (AvgIpc) is 3.34. The molecule has 0 radical (unpaired) electrons. The zero-order chi connectivity index (χ0) is 17.0. The summed E-state index contributed by atoms with van der Waals surface area (Å²) in [5.41, 5.74) is 17.2. The number of nitrogens with one attached hydrogen (secondary N) is 3. The highest BCUT2D eigenvalue weighted by Crippen LogP contribution is 2.33. The second-order valence-electron chi connectivity index (χ2n) is 5.86. The summed E-state index contributed by atoms with van der Waals surface area (Å²) < 4.78 is 0. The number of rotatable bonds is 2. The molecule has 0 fully saturated rings. The quantitative estimate of drug-likeness (QED) is 0.339. The Morgan fingerprint density at radius 1 is 0.760 bits per heavy atom. The van der Waals surface area contributed by atoms with Crippen LogP contribution in [0, 0.1) is 0 Å². The van der Waals surface area contributed by atoms with E-state index >= 15 is 0 Å². The molecule has 2 aromatic carbocycles. The third-order valence-corrected chi connectivity index (χ3v) is 4.39. The lowest BCUT2D eigenvalue weighted by Crippen LogP contribution is -1.86. The maximum atomic E-state index is 5.84. The Balaban J connectivity index is 1.66. The fourth-order valence-corrected chi connectivity index (χ4v) is 3.12. The topological polar surface area (TPSA) is 138 Å². The lowest BCUT2D eigenvalue weighted by Gasteiger charge is -2.04. The van der Waals surface area contributed by atoms with Gasteiger partial charge in [-0.3, -0.25) is 10.2 Å². The minimum atomic E-state index is 0.492. The van der Waals surface area contributed by atoms with Crippen molar-refractivity contribution in [2.24, 2.45) is 0 Å². The van der Waals surface area contributed by atoms with E-state index in [0.29, 0.717) is 11.6 Å². The minimum absolute atomic E-state index is 0.492. The van der Waals surface area contributed by atoms with Gasteiger partial charge in [0.15, 0.2) is 11.6 Å². The number of H-pyrrole nitrogens is 3. The number of anilines is 2. The van der Waals surface area contributed by atoms with Crippen molar-refractivity contribution in [1.82, 2.24) is 30.4 Å². The van der Waals surface area contributed by atoms with Gasteiger partial charge in [0.05, 0.1) is 28.7 Å². The third kappa shape index (κ3) is 1.97. The highest BCUT2D eigenvalue weighted by atomic mass is 15.2. The first-order valence-electron chi connectivity index (χ1n) is 7.72. The third-order valence-electron chi connectivity index (χ3n) is 4.39. The standard InChI is InChI=1S/C17H14N8/c18-16-10-3-1-8(5-12(10)22-24-16)14-15(21-7-20-14)9-2-4-11-13(6-9)23-25-17(11)19/h1-7H,(H,20,21)(H3,18,22,24)(H3,19,23,25). The van der Waals surface area contributed by atoms with E-state index in [1.807, 2.05) is 36.4 Å². The Hall–Kier alpha value is -3.81. The smallest absolute Gasteiger partial charge is 0.153 e. The molecule has 25 heavy (non-hydrogen) atoms. The maximum Gasteiger partial charge on any atom is 0.153 e. The zero-order valence-electron chi connectivity index (χ0n) is 13.0. The van der Waals surface area contributed by atoms with Gasteiger partial charge in [-0.05, 0) is 24.3 Å². The summed E-state index contributed by atoms with van der Waals surface area (Å²) >= 11 is 0. The first-order valence-corrected chi connectivity index (χ1v) is 7.72. The molecule has 5 aromatic rings. The Labute approximate surface area is 141 Å². The molecule has 7 N–H and O–H groups in total. The van der Waals surface area contributed by atoms with Gasteiger partial charge in [-0.1, -0.05) is 12.1 Å². The SMILES string of the molecule is Nc1n[nH]c2cc(-c3nc[nH]c3-c3ccc4c(N)n[nH]c4c3)ccc12. The van der Waals surface area contributed by atoms with Gasteiger partial charge in [0, 0.05) is 21.9 Å². The molecule has 0 spiro atoms. The summed E-state index contributed by atoms with van der Waals surface area (Å²) in [4.78, 5) is 7.71. The highest BCUT2D eigenvalue weighted by Gasteiger charge is 2.13. The van der Waals surface area contributed by atoms with Crippen molar-refractivity contribution in [3.63, 3.8) is 0 Å². The van der Waals surface area contributed by atoms with Crippen molar-refractivity contribution in [3.05, 3.63) is 42.7 Å². The number of nitrogens with zero attached hydrogens (tertiary/aromatic N) is 3. The van der Waals surface area contributed by atoms with E-state index in [1.54, 1.807) is 6.33 Å². The highest BCUT2D eigenvalue weighted by molar-refractivity contribution is 5.95. The molecule has 0 atom stereocenters. The van der Waals surface area contributed by atoms with E-state index in [2.05, 4.69) is 30.4 Å². The Kier molecular flexibility index (Phi) is 2.64. The minimum Gasteiger partial charge on any atom is -0.382 e. The summed E-state index contributed by atoms with van der Waals surface area (Å²) in [7, 11) is 0. The van der Waals surface area contributed by atoms with Gasteiger partial charge in [-0.15, -0.1) is 0 Å². The van der Waals surface area contributed by atoms with Crippen molar-refractivity contribution in [3.8, 4) is 22.5 Å². The van der Waals surface area contributed by atoms with Gasteiger partial charge < -0.3 is 16.5 Å². The number of hydrogen-bond acceptors (Lipinski definition) is 5. The molecule has 3 heterocycles. The van der Waals surface area contributed by atoms with E-state index in [0.717, 1.165) is 44.3 Å². The molecular weight excluding hydrogens is 316 g/mol. The molecule has 0 unspecified atom stereocenters. The van der Waals surface area contributed by atoms with Gasteiger partial charge in [-0.25, -0.2) is 4.98 Å². The van der Waals surface area contributed by atoms with Gasteiger partial charge in [0.2, 0.25) is 0 Å². The number of aromatic nitrogens is 6. The fourth-order valence-electron chi connectivity index (χ4n) is 3.12. The second kappa shape index (κ2) is 4.84. The van der Waals surface area contributed by atoms with Crippen molar-refractivity contribution in [2.75, 3.05) is 11.5 Å². The zero-order valence-corrected chi connectivity index (χ0v) is 13.0. The van der Waals surface area contributed by atoms with E-state index in [9.17, 15) is 0 Å². The summed E-state index contributed by atoms with van der Waals surface area (Å²) in [5.74, 6) is 0.986. The molecule has 8 nitrogen and oxygen atoms in total. The normalized spacial score (nSPS) is 11.5. The van der Waals surface area contributed by atoms with E-state index < -0.39 is 0 Å². The Morgan fingerprint density at radius 2 is 1.36 bits per heavy atom. The molecule has 3 aromatic heterocycles. The van der Waals surface area contributed by atoms with E-state index in [-0.39, 0.29) is 0 Å². The van der Waals surface area contributed by atoms with Crippen molar-refractivity contribution in [2.45, 2.75) is 0 Å². The molecule has 122 valence electrons. The molecule has 0 aliphatic rings. The van der Waals surface area contributed by atoms with Crippen LogP contribution in [0.3, 0.4) is 0 Å². The number of benzene rings is 2. The van der Waals surface area contributed by atoms with Gasteiger partial charge in [0.1, 0.15) is 0 Å². The largest absolute Gasteiger partial charge is 0.382 e. The summed E-state index contributed by atoms with van der Waals surface area (Å²) in [6, 6.07) is 11.9. The van der Waals surface area contributed by atoms with Crippen LogP contribution in [-0.2, 0) is 0 Å². The van der Waals surface area contributed by atoms with Crippen LogP contribution in [0.4, 0.5) is 11.6 Å². The predicted molar refractivity (Wildman–Crippen MR) is 97.6 cm³/mol. The number of nitrogens with two attached hydrogens (primary N) is 2. The van der Waals surface area contributed by atoms with Gasteiger partial charge in [-0.2, -0.15) is 10.2 Å². The van der Waals surface area contributed by atoms with Crippen LogP contribution in [0.2, 0.25) is 0 Å². The molecule has 8 heteroatoms. The van der Waals surface area contributed by atoms with Crippen LogP contribution in [0.5, 0.6) is 0 Å². The summed E-state index contributed by atoms with van der Waals surface area (Å²) in [6.07, 6.45) is 1.68. The van der Waals surface area contributed by atoms with Crippen LogP contribution in [0.1, 0.15) is 0 Å². The van der Waals surface area contributed by atoms with Crippen LogP contribution in [-0.4, -0.2) is 30.4 Å². The maximum absolute atomic E-state index is 5.84. The molecule has 0 amide bonds. The Bertz CT molecular complexity index is 1130. The first kappa shape index (κ1) is 13.6. The lowest BCUT2D eigenvalue weighted by molar-refractivity contribution is 1.13. The molecule has 0 saturated heterocycles. The number of aromatic amines is 3. The summed E-state index contributed by atoms with van der Waals surface area (Å²) in [5, 5.41) is 15.8. The van der Waals surface area contributed by atoms with Crippen molar-refractivity contribution < 1.29 is 0 Å². The van der Waals surface area contributed by atoms with Crippen LogP contribution >= 0.6 is 0 Å². The van der Waals surface area contributed by atoms with Crippen LogP contribution < -0.4 is 11.5 Å².